The van der Waals surface area contributed by atoms with E-state index in [0.29, 0.717) is 43.1 Å². The average Bonchev–Trinajstić information content (AvgIpc) is 2.81. The Morgan fingerprint density at radius 1 is 1.00 bits per heavy atom. The number of amides is 2. The van der Waals surface area contributed by atoms with Crippen molar-refractivity contribution < 1.29 is 14.3 Å². The van der Waals surface area contributed by atoms with Crippen LogP contribution in [-0.2, 0) is 22.5 Å². The van der Waals surface area contributed by atoms with Crippen molar-refractivity contribution >= 4 is 12.0 Å². The SMILES string of the molecule is Cc1nc2c(c(=O)n1C(C(=O)N1CCCCC1)c1ccccc1)CCN(C(=O)OC(C)(C)C)C2. The Labute approximate surface area is 200 Å². The van der Waals surface area contributed by atoms with Gasteiger partial charge in [-0.25, -0.2) is 9.78 Å². The molecule has 2 aromatic rings. The molecule has 0 bridgehead atoms. The maximum Gasteiger partial charge on any atom is 0.410 e. The van der Waals surface area contributed by atoms with Crippen LogP contribution in [0.5, 0.6) is 0 Å². The summed E-state index contributed by atoms with van der Waals surface area (Å²) in [7, 11) is 0. The zero-order valence-corrected chi connectivity index (χ0v) is 20.5. The zero-order chi connectivity index (χ0) is 24.5. The van der Waals surface area contributed by atoms with Gasteiger partial charge in [0.1, 0.15) is 17.5 Å². The summed E-state index contributed by atoms with van der Waals surface area (Å²) >= 11 is 0. The third kappa shape index (κ3) is 5.00. The minimum atomic E-state index is -0.756. The van der Waals surface area contributed by atoms with Gasteiger partial charge in [-0.2, -0.15) is 0 Å². The van der Waals surface area contributed by atoms with Gasteiger partial charge >= 0.3 is 6.09 Å². The van der Waals surface area contributed by atoms with Gasteiger partial charge in [0, 0.05) is 25.2 Å². The molecule has 2 aliphatic heterocycles. The number of nitrogens with zero attached hydrogens (tertiary/aromatic N) is 4. The Morgan fingerprint density at radius 3 is 2.32 bits per heavy atom. The number of likely N-dealkylation sites (tertiary alicyclic amines) is 1. The normalized spacial score (nSPS) is 17.2. The minimum absolute atomic E-state index is 0.0657. The summed E-state index contributed by atoms with van der Waals surface area (Å²) < 4.78 is 7.05. The monoisotopic (exact) mass is 466 g/mol. The molecule has 0 N–H and O–H groups in total. The van der Waals surface area contributed by atoms with Crippen molar-refractivity contribution in [1.82, 2.24) is 19.4 Å². The van der Waals surface area contributed by atoms with Crippen LogP contribution in [0.4, 0.5) is 4.79 Å². The number of hydrogen-bond acceptors (Lipinski definition) is 5. The quantitative estimate of drug-likeness (QED) is 0.692. The molecule has 1 fully saturated rings. The Morgan fingerprint density at radius 2 is 1.68 bits per heavy atom. The Hall–Kier alpha value is -3.16. The summed E-state index contributed by atoms with van der Waals surface area (Å²) in [4.78, 5) is 48.2. The van der Waals surface area contributed by atoms with Crippen molar-refractivity contribution in [3.8, 4) is 0 Å². The molecule has 8 heteroatoms. The highest BCUT2D eigenvalue weighted by atomic mass is 16.6. The van der Waals surface area contributed by atoms with Gasteiger partial charge in [-0.05, 0) is 58.9 Å². The first-order valence-electron chi connectivity index (χ1n) is 12.1. The largest absolute Gasteiger partial charge is 0.444 e. The van der Waals surface area contributed by atoms with Gasteiger partial charge in [0.15, 0.2) is 0 Å². The Bertz CT molecular complexity index is 1110. The zero-order valence-electron chi connectivity index (χ0n) is 20.5. The lowest BCUT2D eigenvalue weighted by molar-refractivity contribution is -0.134. The molecule has 2 amide bonds. The van der Waals surface area contributed by atoms with Crippen LogP contribution in [0.3, 0.4) is 0 Å². The van der Waals surface area contributed by atoms with E-state index in [9.17, 15) is 14.4 Å². The Balaban J connectivity index is 1.71. The number of ether oxygens (including phenoxy) is 1. The molecule has 0 aliphatic carbocycles. The van der Waals surface area contributed by atoms with Crippen LogP contribution in [0, 0.1) is 6.92 Å². The van der Waals surface area contributed by atoms with Crippen molar-refractivity contribution in [1.29, 1.82) is 0 Å². The van der Waals surface area contributed by atoms with Gasteiger partial charge in [0.05, 0.1) is 12.2 Å². The standard InChI is InChI=1S/C26H34N4O4/c1-18-27-21-17-29(25(33)34-26(2,3)4)16-13-20(21)23(31)30(18)22(19-11-7-5-8-12-19)24(32)28-14-9-6-10-15-28/h5,7-8,11-12,22H,6,9-10,13-17H2,1-4H3. The summed E-state index contributed by atoms with van der Waals surface area (Å²) in [6.07, 6.45) is 3.03. The van der Waals surface area contributed by atoms with E-state index in [1.807, 2.05) is 56.0 Å². The topological polar surface area (TPSA) is 84.7 Å². The van der Waals surface area contributed by atoms with E-state index in [2.05, 4.69) is 0 Å². The van der Waals surface area contributed by atoms with Crippen LogP contribution in [0.1, 0.15) is 68.7 Å². The van der Waals surface area contributed by atoms with E-state index >= 15 is 0 Å². The number of aromatic nitrogens is 2. The summed E-state index contributed by atoms with van der Waals surface area (Å²) in [5.74, 6) is 0.401. The predicted molar refractivity (Wildman–Crippen MR) is 129 cm³/mol. The summed E-state index contributed by atoms with van der Waals surface area (Å²) in [5, 5.41) is 0. The molecular formula is C26H34N4O4. The second kappa shape index (κ2) is 9.60. The number of piperidine rings is 1. The number of hydrogen-bond donors (Lipinski definition) is 0. The molecular weight excluding hydrogens is 432 g/mol. The van der Waals surface area contributed by atoms with E-state index in [-0.39, 0.29) is 18.0 Å². The van der Waals surface area contributed by atoms with Crippen molar-refractivity contribution in [3.05, 3.63) is 63.3 Å². The number of aryl methyl sites for hydroxylation is 1. The number of benzene rings is 1. The number of fused-ring (bicyclic) bond motifs is 1. The molecule has 1 unspecified atom stereocenters. The van der Waals surface area contributed by atoms with Crippen molar-refractivity contribution in [3.63, 3.8) is 0 Å². The lowest BCUT2D eigenvalue weighted by atomic mass is 10.0. The van der Waals surface area contributed by atoms with Crippen LogP contribution in [0.15, 0.2) is 35.1 Å². The second-order valence-electron chi connectivity index (χ2n) is 10.1. The molecule has 1 aromatic carbocycles. The van der Waals surface area contributed by atoms with Gasteiger partial charge in [0.2, 0.25) is 5.91 Å². The van der Waals surface area contributed by atoms with E-state index in [1.165, 1.54) is 0 Å². The summed E-state index contributed by atoms with van der Waals surface area (Å²) in [6, 6.07) is 8.70. The fourth-order valence-electron chi connectivity index (χ4n) is 4.73. The van der Waals surface area contributed by atoms with Gasteiger partial charge in [-0.15, -0.1) is 0 Å². The van der Waals surface area contributed by atoms with Gasteiger partial charge in [0.25, 0.3) is 5.56 Å². The molecule has 8 nitrogen and oxygen atoms in total. The van der Waals surface area contributed by atoms with Gasteiger partial charge in [-0.1, -0.05) is 30.3 Å². The second-order valence-corrected chi connectivity index (χ2v) is 10.1. The third-order valence-electron chi connectivity index (χ3n) is 6.37. The molecule has 0 spiro atoms. The molecule has 1 aromatic heterocycles. The predicted octanol–water partition coefficient (Wildman–Crippen LogP) is 3.45. The van der Waals surface area contributed by atoms with Crippen LogP contribution < -0.4 is 5.56 Å². The molecule has 182 valence electrons. The van der Waals surface area contributed by atoms with E-state index in [4.69, 9.17) is 9.72 Å². The van der Waals surface area contributed by atoms with Crippen LogP contribution in [-0.4, -0.2) is 56.6 Å². The highest BCUT2D eigenvalue weighted by Gasteiger charge is 2.34. The molecule has 3 heterocycles. The minimum Gasteiger partial charge on any atom is -0.444 e. The molecule has 1 saturated heterocycles. The number of rotatable bonds is 3. The molecule has 4 rings (SSSR count). The third-order valence-corrected chi connectivity index (χ3v) is 6.37. The first-order valence-corrected chi connectivity index (χ1v) is 12.1. The maximum atomic E-state index is 13.8. The summed E-state index contributed by atoms with van der Waals surface area (Å²) in [5.41, 5.74) is 1.12. The molecule has 34 heavy (non-hydrogen) atoms. The average molecular weight is 467 g/mol. The number of carbonyl (C=O) groups is 2. The number of carbonyl (C=O) groups excluding carboxylic acids is 2. The fourth-order valence-corrected chi connectivity index (χ4v) is 4.73. The van der Waals surface area contributed by atoms with Gasteiger partial charge in [-0.3, -0.25) is 14.2 Å². The first kappa shape index (κ1) is 24.0. The molecule has 2 aliphatic rings. The molecule has 0 radical (unpaired) electrons. The lowest BCUT2D eigenvalue weighted by Gasteiger charge is -2.33. The van der Waals surface area contributed by atoms with Crippen LogP contribution in [0.2, 0.25) is 0 Å². The first-order chi connectivity index (χ1) is 16.2. The highest BCUT2D eigenvalue weighted by molar-refractivity contribution is 5.84. The summed E-state index contributed by atoms with van der Waals surface area (Å²) in [6.45, 7) is 9.24. The lowest BCUT2D eigenvalue weighted by Crippen LogP contribution is -2.47. The molecule has 1 atom stereocenters. The molecule has 0 saturated carbocycles. The highest BCUT2D eigenvalue weighted by Crippen LogP contribution is 2.25. The van der Waals surface area contributed by atoms with Crippen LogP contribution in [0.25, 0.3) is 0 Å². The smallest absolute Gasteiger partial charge is 0.410 e. The van der Waals surface area contributed by atoms with Crippen molar-refractivity contribution in [2.24, 2.45) is 0 Å². The maximum absolute atomic E-state index is 13.8. The Kier molecular flexibility index (Phi) is 6.77. The van der Waals surface area contributed by atoms with E-state index in [1.54, 1.807) is 16.4 Å². The van der Waals surface area contributed by atoms with Crippen LogP contribution >= 0.6 is 0 Å². The van der Waals surface area contributed by atoms with Crippen molar-refractivity contribution in [2.75, 3.05) is 19.6 Å². The van der Waals surface area contributed by atoms with Crippen molar-refractivity contribution in [2.45, 2.75) is 71.6 Å². The van der Waals surface area contributed by atoms with E-state index in [0.717, 1.165) is 24.8 Å². The van der Waals surface area contributed by atoms with E-state index < -0.39 is 17.7 Å². The van der Waals surface area contributed by atoms with Gasteiger partial charge < -0.3 is 14.5 Å². The fraction of sp³-hybridized carbons (Fsp3) is 0.538.